The van der Waals surface area contributed by atoms with Gasteiger partial charge in [0.1, 0.15) is 0 Å². The van der Waals surface area contributed by atoms with E-state index in [1.54, 1.807) is 0 Å². The molecule has 2 bridgehead atoms. The van der Waals surface area contributed by atoms with E-state index < -0.39 is 0 Å². The summed E-state index contributed by atoms with van der Waals surface area (Å²) in [5, 5.41) is 3.57. The minimum absolute atomic E-state index is 0.511. The van der Waals surface area contributed by atoms with Crippen LogP contribution in [0, 0.1) is 18.3 Å². The number of nitrogens with one attached hydrogen (secondary N) is 1. The zero-order valence-electron chi connectivity index (χ0n) is 9.54. The van der Waals surface area contributed by atoms with Crippen molar-refractivity contribution in [1.29, 1.82) is 0 Å². The quantitative estimate of drug-likeness (QED) is 0.696. The highest BCUT2D eigenvalue weighted by molar-refractivity contribution is 4.96. The predicted molar refractivity (Wildman–Crippen MR) is 61.5 cm³/mol. The van der Waals surface area contributed by atoms with Crippen LogP contribution in [0.4, 0.5) is 0 Å². The minimum atomic E-state index is 0.511. The lowest BCUT2D eigenvalue weighted by Crippen LogP contribution is -2.40. The molecule has 15 heavy (non-hydrogen) atoms. The fourth-order valence-corrected chi connectivity index (χ4v) is 3.07. The summed E-state index contributed by atoms with van der Waals surface area (Å²) in [5.74, 6) is 3.45. The van der Waals surface area contributed by atoms with Crippen LogP contribution < -0.4 is 5.32 Å². The number of ether oxygens (including phenoxy) is 1. The summed E-state index contributed by atoms with van der Waals surface area (Å²) in [6, 6.07) is 0.571. The van der Waals surface area contributed by atoms with Crippen molar-refractivity contribution in [3.05, 3.63) is 0 Å². The molecule has 2 aliphatic rings. The second-order valence-corrected chi connectivity index (χ2v) is 4.68. The molecule has 2 aliphatic heterocycles. The molecule has 0 spiro atoms. The smallest absolute Gasteiger partial charge is 0.0623 e. The third kappa shape index (κ3) is 2.35. The van der Waals surface area contributed by atoms with E-state index in [1.807, 2.05) is 0 Å². The first-order valence-electron chi connectivity index (χ1n) is 6.17. The fourth-order valence-electron chi connectivity index (χ4n) is 3.07. The number of terminal acetylenes is 1. The predicted octanol–water partition coefficient (Wildman–Crippen LogP) is 1.95. The maximum atomic E-state index is 5.90. The van der Waals surface area contributed by atoms with Gasteiger partial charge in [0.2, 0.25) is 0 Å². The second kappa shape index (κ2) is 5.01. The Morgan fingerprint density at radius 1 is 1.53 bits per heavy atom. The maximum absolute atomic E-state index is 5.90. The van der Waals surface area contributed by atoms with Crippen molar-refractivity contribution in [3.63, 3.8) is 0 Å². The number of hydrogen-bond acceptors (Lipinski definition) is 2. The lowest BCUT2D eigenvalue weighted by atomic mass is 9.82. The highest BCUT2D eigenvalue weighted by Crippen LogP contribution is 2.41. The summed E-state index contributed by atoms with van der Waals surface area (Å²) in [6.07, 6.45) is 12.2. The zero-order valence-corrected chi connectivity index (χ0v) is 9.54. The van der Waals surface area contributed by atoms with Crippen molar-refractivity contribution in [2.75, 3.05) is 6.54 Å². The number of fused-ring (bicyclic) bond motifs is 2. The molecule has 0 amide bonds. The molecule has 2 heterocycles. The third-order valence-corrected chi connectivity index (χ3v) is 3.74. The van der Waals surface area contributed by atoms with Crippen LogP contribution in [0.2, 0.25) is 0 Å². The molecule has 0 aromatic rings. The average Bonchev–Trinajstić information content (AvgIpc) is 2.85. The summed E-state index contributed by atoms with van der Waals surface area (Å²) >= 11 is 0. The van der Waals surface area contributed by atoms with Crippen LogP contribution in [0.15, 0.2) is 0 Å². The summed E-state index contributed by atoms with van der Waals surface area (Å²) in [5.41, 5.74) is 0. The number of hydrogen-bond donors (Lipinski definition) is 1. The lowest BCUT2D eigenvalue weighted by molar-refractivity contribution is 0.0852. The molecule has 2 fully saturated rings. The van der Waals surface area contributed by atoms with Crippen LogP contribution in [-0.4, -0.2) is 24.8 Å². The van der Waals surface area contributed by atoms with Crippen molar-refractivity contribution >= 4 is 0 Å². The van der Waals surface area contributed by atoms with Gasteiger partial charge in [-0.1, -0.05) is 6.92 Å². The average molecular weight is 207 g/mol. The molecule has 4 unspecified atom stereocenters. The van der Waals surface area contributed by atoms with Crippen molar-refractivity contribution in [2.45, 2.75) is 57.3 Å². The Bertz CT molecular complexity index is 245. The van der Waals surface area contributed by atoms with E-state index in [4.69, 9.17) is 11.2 Å². The van der Waals surface area contributed by atoms with Crippen molar-refractivity contribution in [3.8, 4) is 12.3 Å². The summed E-state index contributed by atoms with van der Waals surface area (Å²) < 4.78 is 5.90. The van der Waals surface area contributed by atoms with Gasteiger partial charge in [0.05, 0.1) is 12.2 Å². The molecule has 0 aromatic heterocycles. The van der Waals surface area contributed by atoms with Crippen LogP contribution in [0.5, 0.6) is 0 Å². The largest absolute Gasteiger partial charge is 0.375 e. The summed E-state index contributed by atoms with van der Waals surface area (Å²) in [4.78, 5) is 0. The summed E-state index contributed by atoms with van der Waals surface area (Å²) in [7, 11) is 0. The molecule has 0 saturated carbocycles. The molecule has 2 nitrogen and oxygen atoms in total. The van der Waals surface area contributed by atoms with Crippen LogP contribution in [0.3, 0.4) is 0 Å². The van der Waals surface area contributed by atoms with Gasteiger partial charge >= 0.3 is 0 Å². The molecule has 84 valence electrons. The van der Waals surface area contributed by atoms with Crippen LogP contribution in [0.25, 0.3) is 0 Å². The molecular formula is C13H21NO. The molecule has 0 aliphatic carbocycles. The third-order valence-electron chi connectivity index (χ3n) is 3.74. The Balaban J connectivity index is 1.90. The molecule has 1 N–H and O–H groups in total. The van der Waals surface area contributed by atoms with Gasteiger partial charge in [-0.05, 0) is 32.2 Å². The van der Waals surface area contributed by atoms with Crippen LogP contribution >= 0.6 is 0 Å². The van der Waals surface area contributed by atoms with Crippen molar-refractivity contribution < 1.29 is 4.74 Å². The number of rotatable bonds is 5. The molecule has 2 rings (SSSR count). The van der Waals surface area contributed by atoms with Gasteiger partial charge in [-0.15, -0.1) is 12.3 Å². The van der Waals surface area contributed by atoms with Crippen molar-refractivity contribution in [2.24, 2.45) is 5.92 Å². The second-order valence-electron chi connectivity index (χ2n) is 4.68. The molecular weight excluding hydrogens is 186 g/mol. The van der Waals surface area contributed by atoms with Crippen LogP contribution in [0.1, 0.15) is 39.0 Å². The van der Waals surface area contributed by atoms with E-state index in [-0.39, 0.29) is 0 Å². The monoisotopic (exact) mass is 207 g/mol. The maximum Gasteiger partial charge on any atom is 0.0623 e. The van der Waals surface area contributed by atoms with E-state index >= 15 is 0 Å². The first-order valence-corrected chi connectivity index (χ1v) is 6.17. The molecule has 0 aromatic carbocycles. The highest BCUT2D eigenvalue weighted by atomic mass is 16.5. The van der Waals surface area contributed by atoms with Crippen molar-refractivity contribution in [1.82, 2.24) is 5.32 Å². The first-order chi connectivity index (χ1) is 7.35. The molecule has 0 radical (unpaired) electrons. The molecule has 2 saturated heterocycles. The van der Waals surface area contributed by atoms with Gasteiger partial charge in [0.25, 0.3) is 0 Å². The Morgan fingerprint density at radius 3 is 2.93 bits per heavy atom. The van der Waals surface area contributed by atoms with Gasteiger partial charge in [0, 0.05) is 18.4 Å². The minimum Gasteiger partial charge on any atom is -0.375 e. The van der Waals surface area contributed by atoms with E-state index in [1.165, 1.54) is 19.3 Å². The van der Waals surface area contributed by atoms with Crippen LogP contribution in [-0.2, 0) is 4.74 Å². The Morgan fingerprint density at radius 2 is 2.40 bits per heavy atom. The van der Waals surface area contributed by atoms with Gasteiger partial charge in [-0.25, -0.2) is 0 Å². The first kappa shape index (κ1) is 11.0. The standard InChI is InChI=1S/C13H21NO/c1-3-5-6-12(14-4-2)11-9-10-7-8-13(11)15-10/h1,10-14H,4-9H2,2H3. The van der Waals surface area contributed by atoms with Gasteiger partial charge in [-0.3, -0.25) is 0 Å². The topological polar surface area (TPSA) is 21.3 Å². The molecule has 2 heteroatoms. The summed E-state index contributed by atoms with van der Waals surface area (Å²) in [6.45, 7) is 3.19. The Kier molecular flexibility index (Phi) is 3.66. The lowest BCUT2D eigenvalue weighted by Gasteiger charge is -2.28. The highest BCUT2D eigenvalue weighted by Gasteiger charge is 2.43. The van der Waals surface area contributed by atoms with E-state index in [2.05, 4.69) is 18.2 Å². The Hall–Kier alpha value is -0.520. The van der Waals surface area contributed by atoms with E-state index in [0.29, 0.717) is 24.2 Å². The van der Waals surface area contributed by atoms with E-state index in [0.717, 1.165) is 19.4 Å². The van der Waals surface area contributed by atoms with Gasteiger partial charge in [0.15, 0.2) is 0 Å². The molecule has 4 atom stereocenters. The SMILES string of the molecule is C#CCCC(NCC)C1CC2CCC1O2. The fraction of sp³-hybridized carbons (Fsp3) is 0.846. The van der Waals surface area contributed by atoms with Gasteiger partial charge in [-0.2, -0.15) is 0 Å². The van der Waals surface area contributed by atoms with E-state index in [9.17, 15) is 0 Å². The van der Waals surface area contributed by atoms with Gasteiger partial charge < -0.3 is 10.1 Å². The zero-order chi connectivity index (χ0) is 10.7. The Labute approximate surface area is 92.8 Å². The normalized spacial score (nSPS) is 35.3.